The molecular weight excluding hydrogens is 275 g/mol. The van der Waals surface area contributed by atoms with E-state index >= 15 is 0 Å². The number of hydrogen-bond donors (Lipinski definition) is 1. The van der Waals surface area contributed by atoms with Gasteiger partial charge in [0.05, 0.1) is 0 Å². The average Bonchev–Trinajstić information content (AvgIpc) is 2.75. The van der Waals surface area contributed by atoms with Gasteiger partial charge < -0.3 is 4.98 Å². The Morgan fingerprint density at radius 1 is 1.00 bits per heavy atom. The monoisotopic (exact) mass is 294 g/mol. The van der Waals surface area contributed by atoms with E-state index in [0.717, 1.165) is 43.4 Å². The highest BCUT2D eigenvalue weighted by atomic mass is 19.1. The van der Waals surface area contributed by atoms with E-state index in [-0.39, 0.29) is 5.82 Å². The molecule has 0 atom stereocenters. The van der Waals surface area contributed by atoms with Gasteiger partial charge in [0.25, 0.3) is 0 Å². The third kappa shape index (κ3) is 2.53. The largest absolute Gasteiger partial charge is 0.358 e. The highest BCUT2D eigenvalue weighted by molar-refractivity contribution is 5.84. The number of H-pyrrole nitrogens is 1. The fourth-order valence-electron chi connectivity index (χ4n) is 3.43. The summed E-state index contributed by atoms with van der Waals surface area (Å²) in [6.07, 6.45) is 1.98. The number of fused-ring (bicyclic) bond motifs is 3. The van der Waals surface area contributed by atoms with Gasteiger partial charge in [-0.25, -0.2) is 4.39 Å². The molecule has 3 heteroatoms. The number of rotatable bonds is 2. The van der Waals surface area contributed by atoms with Gasteiger partial charge in [0, 0.05) is 42.7 Å². The topological polar surface area (TPSA) is 19.0 Å². The van der Waals surface area contributed by atoms with Crippen LogP contribution < -0.4 is 0 Å². The number of nitrogens with one attached hydrogen (secondary N) is 1. The van der Waals surface area contributed by atoms with Gasteiger partial charge in [0.2, 0.25) is 0 Å². The highest BCUT2D eigenvalue weighted by Gasteiger charge is 2.18. The van der Waals surface area contributed by atoms with Crippen molar-refractivity contribution in [3.63, 3.8) is 0 Å². The zero-order valence-corrected chi connectivity index (χ0v) is 12.5. The lowest BCUT2D eigenvalue weighted by Crippen LogP contribution is -2.26. The number of hydrogen-bond acceptors (Lipinski definition) is 1. The Bertz CT molecular complexity index is 792. The van der Waals surface area contributed by atoms with Crippen LogP contribution in [0.3, 0.4) is 0 Å². The molecule has 1 aromatic heterocycles. The zero-order valence-electron chi connectivity index (χ0n) is 12.5. The van der Waals surface area contributed by atoms with Gasteiger partial charge in [-0.3, -0.25) is 4.90 Å². The fourth-order valence-corrected chi connectivity index (χ4v) is 3.43. The molecule has 0 bridgehead atoms. The molecule has 0 radical (unpaired) electrons. The van der Waals surface area contributed by atoms with Crippen LogP contribution in [0.5, 0.6) is 0 Å². The van der Waals surface area contributed by atoms with Gasteiger partial charge >= 0.3 is 0 Å². The van der Waals surface area contributed by atoms with Crippen molar-refractivity contribution in [3.8, 4) is 0 Å². The molecule has 4 rings (SSSR count). The molecule has 0 fully saturated rings. The van der Waals surface area contributed by atoms with Crippen molar-refractivity contribution in [2.24, 2.45) is 0 Å². The summed E-state index contributed by atoms with van der Waals surface area (Å²) < 4.78 is 13.5. The minimum Gasteiger partial charge on any atom is -0.358 e. The number of halogens is 1. The molecule has 0 saturated heterocycles. The molecule has 1 aliphatic heterocycles. The van der Waals surface area contributed by atoms with E-state index in [0.29, 0.717) is 0 Å². The van der Waals surface area contributed by atoms with Gasteiger partial charge in [-0.1, -0.05) is 30.3 Å². The molecule has 3 aromatic rings. The van der Waals surface area contributed by atoms with Crippen molar-refractivity contribution in [1.82, 2.24) is 9.88 Å². The molecule has 1 N–H and O–H groups in total. The molecule has 0 aliphatic carbocycles. The quantitative estimate of drug-likeness (QED) is 0.759. The molecule has 0 spiro atoms. The summed E-state index contributed by atoms with van der Waals surface area (Å²) in [5.41, 5.74) is 4.98. The van der Waals surface area contributed by atoms with Crippen LogP contribution in [-0.2, 0) is 19.4 Å². The first-order valence-electron chi connectivity index (χ1n) is 7.85. The van der Waals surface area contributed by atoms with Crippen LogP contribution in [0.4, 0.5) is 4.39 Å². The third-order valence-corrected chi connectivity index (χ3v) is 4.56. The molecule has 2 heterocycles. The Morgan fingerprint density at radius 2 is 1.82 bits per heavy atom. The summed E-state index contributed by atoms with van der Waals surface area (Å²) in [7, 11) is 0. The Morgan fingerprint density at radius 3 is 2.68 bits per heavy atom. The van der Waals surface area contributed by atoms with E-state index in [1.165, 1.54) is 22.9 Å². The van der Waals surface area contributed by atoms with Crippen molar-refractivity contribution < 1.29 is 4.39 Å². The summed E-state index contributed by atoms with van der Waals surface area (Å²) >= 11 is 0. The summed E-state index contributed by atoms with van der Waals surface area (Å²) in [6, 6.07) is 15.6. The molecule has 1 aliphatic rings. The van der Waals surface area contributed by atoms with Gasteiger partial charge in [-0.2, -0.15) is 0 Å². The second-order valence-corrected chi connectivity index (χ2v) is 6.03. The van der Waals surface area contributed by atoms with Gasteiger partial charge in [-0.05, 0) is 35.7 Å². The zero-order chi connectivity index (χ0) is 14.9. The first-order chi connectivity index (χ1) is 10.8. The standard InChI is InChI=1S/C19H19FN2/c20-15-6-7-18-17(12-15)16-8-10-22(11-9-19(16)21-18)13-14-4-2-1-3-5-14/h1-7,12,21H,8-11,13H2. The Balaban J connectivity index is 1.57. The second kappa shape index (κ2) is 5.58. The van der Waals surface area contributed by atoms with Crippen LogP contribution in [-0.4, -0.2) is 23.0 Å². The van der Waals surface area contributed by atoms with E-state index in [9.17, 15) is 4.39 Å². The van der Waals surface area contributed by atoms with Crippen molar-refractivity contribution in [2.45, 2.75) is 19.4 Å². The van der Waals surface area contributed by atoms with Crippen LogP contribution in [0.15, 0.2) is 48.5 Å². The molecule has 0 amide bonds. The molecule has 2 aromatic carbocycles. The lowest BCUT2D eigenvalue weighted by atomic mass is 10.1. The van der Waals surface area contributed by atoms with Crippen LogP contribution in [0, 0.1) is 5.82 Å². The Kier molecular flexibility index (Phi) is 3.43. The number of aromatic nitrogens is 1. The first-order valence-corrected chi connectivity index (χ1v) is 7.85. The van der Waals surface area contributed by atoms with Crippen LogP contribution in [0.2, 0.25) is 0 Å². The van der Waals surface area contributed by atoms with Crippen LogP contribution in [0.25, 0.3) is 10.9 Å². The Hall–Kier alpha value is -2.13. The van der Waals surface area contributed by atoms with Gasteiger partial charge in [0.1, 0.15) is 5.82 Å². The van der Waals surface area contributed by atoms with Crippen LogP contribution >= 0.6 is 0 Å². The minimum absolute atomic E-state index is 0.153. The smallest absolute Gasteiger partial charge is 0.123 e. The third-order valence-electron chi connectivity index (χ3n) is 4.56. The maximum atomic E-state index is 13.5. The van der Waals surface area contributed by atoms with E-state index < -0.39 is 0 Å². The molecule has 0 saturated carbocycles. The SMILES string of the molecule is Fc1ccc2[nH]c3c(c2c1)CCN(Cc1ccccc1)CC3. The first kappa shape index (κ1) is 13.5. The van der Waals surface area contributed by atoms with Crippen molar-refractivity contribution in [3.05, 3.63) is 71.2 Å². The predicted octanol–water partition coefficient (Wildman–Crippen LogP) is 3.91. The van der Waals surface area contributed by atoms with Crippen molar-refractivity contribution >= 4 is 10.9 Å². The molecule has 2 nitrogen and oxygen atoms in total. The van der Waals surface area contributed by atoms with Gasteiger partial charge in [-0.15, -0.1) is 0 Å². The van der Waals surface area contributed by atoms with Crippen LogP contribution in [0.1, 0.15) is 16.8 Å². The fraction of sp³-hybridized carbons (Fsp3) is 0.263. The van der Waals surface area contributed by atoms with E-state index in [1.54, 1.807) is 6.07 Å². The second-order valence-electron chi connectivity index (χ2n) is 6.03. The number of benzene rings is 2. The maximum Gasteiger partial charge on any atom is 0.123 e. The van der Waals surface area contributed by atoms with E-state index in [4.69, 9.17) is 0 Å². The van der Waals surface area contributed by atoms with Crippen molar-refractivity contribution in [1.29, 1.82) is 0 Å². The summed E-state index contributed by atoms with van der Waals surface area (Å²) in [5, 5.41) is 1.05. The summed E-state index contributed by atoms with van der Waals surface area (Å²) in [4.78, 5) is 5.95. The lowest BCUT2D eigenvalue weighted by molar-refractivity contribution is 0.279. The summed E-state index contributed by atoms with van der Waals surface area (Å²) in [6.45, 7) is 3.04. The molecular formula is C19H19FN2. The maximum absolute atomic E-state index is 13.5. The average molecular weight is 294 g/mol. The van der Waals surface area contributed by atoms with Gasteiger partial charge in [0.15, 0.2) is 0 Å². The van der Waals surface area contributed by atoms with E-state index in [1.807, 2.05) is 6.07 Å². The predicted molar refractivity (Wildman–Crippen MR) is 87.4 cm³/mol. The minimum atomic E-state index is -0.153. The lowest BCUT2D eigenvalue weighted by Gasteiger charge is -2.19. The Labute approximate surface area is 129 Å². The molecule has 0 unspecified atom stereocenters. The van der Waals surface area contributed by atoms with Crippen molar-refractivity contribution in [2.75, 3.05) is 13.1 Å². The number of aromatic amines is 1. The normalized spacial score (nSPS) is 15.7. The molecule has 22 heavy (non-hydrogen) atoms. The summed E-state index contributed by atoms with van der Waals surface area (Å²) in [5.74, 6) is -0.153. The number of nitrogens with zero attached hydrogens (tertiary/aromatic N) is 1. The molecule has 112 valence electrons. The highest BCUT2D eigenvalue weighted by Crippen LogP contribution is 2.26. The van der Waals surface area contributed by atoms with E-state index in [2.05, 4.69) is 40.2 Å².